The van der Waals surface area contributed by atoms with Crippen molar-refractivity contribution in [1.82, 2.24) is 0 Å². The first-order valence-corrected chi connectivity index (χ1v) is 19.1. The number of rotatable bonds is 9. The number of nitrogens with zero attached hydrogens (tertiary/aromatic N) is 1. The molecule has 55 heavy (non-hydrogen) atoms. The van der Waals surface area contributed by atoms with Crippen LogP contribution in [0.3, 0.4) is 0 Å². The van der Waals surface area contributed by atoms with E-state index in [2.05, 4.69) is 191 Å². The zero-order chi connectivity index (χ0) is 38.1. The number of hydrogen-bond acceptors (Lipinski definition) is 2. The van der Waals surface area contributed by atoms with Crippen molar-refractivity contribution < 1.29 is 4.42 Å². The van der Waals surface area contributed by atoms with Gasteiger partial charge in [0, 0.05) is 39.7 Å². The van der Waals surface area contributed by atoms with Gasteiger partial charge in [-0.2, -0.15) is 0 Å². The summed E-state index contributed by atoms with van der Waals surface area (Å²) in [6.45, 7) is 12.6. The molecular weight excluding hydrogens is 667 g/mol. The summed E-state index contributed by atoms with van der Waals surface area (Å²) >= 11 is 0. The third kappa shape index (κ3) is 6.33. The average molecular weight is 712 g/mol. The van der Waals surface area contributed by atoms with Crippen LogP contribution in [0.5, 0.6) is 0 Å². The third-order valence-corrected chi connectivity index (χ3v) is 11.1. The minimum Gasteiger partial charge on any atom is -0.454 e. The van der Waals surface area contributed by atoms with E-state index in [1.165, 1.54) is 44.5 Å². The summed E-state index contributed by atoms with van der Waals surface area (Å²) in [5.41, 5.74) is 16.8. The molecular formula is C53H45NO. The lowest BCUT2D eigenvalue weighted by Crippen LogP contribution is -2.16. The minimum atomic E-state index is -0.141. The van der Waals surface area contributed by atoms with Gasteiger partial charge in [-0.25, -0.2) is 0 Å². The second-order valence-corrected chi connectivity index (χ2v) is 14.8. The van der Waals surface area contributed by atoms with Gasteiger partial charge in [0.1, 0.15) is 5.58 Å². The van der Waals surface area contributed by atoms with Crippen molar-refractivity contribution in [3.8, 4) is 34.6 Å². The summed E-state index contributed by atoms with van der Waals surface area (Å²) in [5.74, 6) is 3.75. The number of anilines is 2. The molecule has 0 aliphatic heterocycles. The molecule has 6 aromatic rings. The number of hydrogen-bond donors (Lipinski definition) is 0. The molecule has 0 radical (unpaired) electrons. The van der Waals surface area contributed by atoms with E-state index in [0.717, 1.165) is 56.9 Å². The minimum absolute atomic E-state index is 0.141. The van der Waals surface area contributed by atoms with Crippen LogP contribution >= 0.6 is 0 Å². The lowest BCUT2D eigenvalue weighted by atomic mass is 9.82. The van der Waals surface area contributed by atoms with Gasteiger partial charge < -0.3 is 9.32 Å². The molecule has 0 atom stereocenters. The van der Waals surface area contributed by atoms with Crippen LogP contribution in [0.15, 0.2) is 169 Å². The maximum atomic E-state index is 7.15. The van der Waals surface area contributed by atoms with Gasteiger partial charge in [0.25, 0.3) is 0 Å². The van der Waals surface area contributed by atoms with Gasteiger partial charge in [0.2, 0.25) is 0 Å². The lowest BCUT2D eigenvalue weighted by molar-refractivity contribution is 0.593. The largest absolute Gasteiger partial charge is 0.454 e. The van der Waals surface area contributed by atoms with Crippen LogP contribution in [-0.2, 0) is 11.8 Å². The Morgan fingerprint density at radius 3 is 2.18 bits per heavy atom. The van der Waals surface area contributed by atoms with Crippen molar-refractivity contribution in [1.29, 1.82) is 0 Å². The van der Waals surface area contributed by atoms with Crippen molar-refractivity contribution in [3.05, 3.63) is 198 Å². The fourth-order valence-electron chi connectivity index (χ4n) is 8.24. The highest BCUT2D eigenvalue weighted by atomic mass is 16.3. The molecule has 0 saturated heterocycles. The number of allylic oxidation sites excluding steroid dienone is 10. The molecule has 8 rings (SSSR count). The second kappa shape index (κ2) is 14.7. The van der Waals surface area contributed by atoms with Gasteiger partial charge >= 0.3 is 0 Å². The topological polar surface area (TPSA) is 16.4 Å². The Kier molecular flexibility index (Phi) is 9.48. The monoisotopic (exact) mass is 711 g/mol. The maximum absolute atomic E-state index is 7.15. The maximum Gasteiger partial charge on any atom is 0.156 e. The first-order valence-electron chi connectivity index (χ1n) is 19.1. The van der Waals surface area contributed by atoms with Crippen LogP contribution in [0.4, 0.5) is 11.4 Å². The van der Waals surface area contributed by atoms with Gasteiger partial charge in [0.15, 0.2) is 5.76 Å². The van der Waals surface area contributed by atoms with E-state index in [-0.39, 0.29) is 5.41 Å². The average Bonchev–Trinajstić information content (AvgIpc) is 3.51. The predicted octanol–water partition coefficient (Wildman–Crippen LogP) is 14.3. The van der Waals surface area contributed by atoms with Crippen LogP contribution in [0.1, 0.15) is 67.7 Å². The fourth-order valence-corrected chi connectivity index (χ4v) is 8.24. The van der Waals surface area contributed by atoms with Crippen LogP contribution in [-0.4, -0.2) is 0 Å². The number of terminal acetylenes is 1. The standard InChI is InChI=1S/C53H45NO/c1-7-16-36(4)37-22-24-39(25-23-37)41-28-32-43(33-29-41)54(42-30-26-40(27-31-42)38-18-12-10-11-13-19-38)49(9-3)51-44(17-8-2)45-34-35-48-50(52(45)55-51)46-20-14-15-21-47(46)53(48,5)6/h2,7,9-10,12-16,18-35H,1,11,17H2,3-6H3/b36-16+,49-9+. The van der Waals surface area contributed by atoms with Crippen LogP contribution in [0.25, 0.3) is 50.1 Å². The van der Waals surface area contributed by atoms with Gasteiger partial charge in [0.05, 0.1) is 5.70 Å². The summed E-state index contributed by atoms with van der Waals surface area (Å²) in [7, 11) is 0. The van der Waals surface area contributed by atoms with Gasteiger partial charge in [-0.15, -0.1) is 12.3 Å². The molecule has 5 aromatic carbocycles. The number of furan rings is 1. The molecule has 2 aliphatic rings. The normalized spacial score (nSPS) is 14.6. The Morgan fingerprint density at radius 1 is 0.836 bits per heavy atom. The second-order valence-electron chi connectivity index (χ2n) is 14.8. The highest BCUT2D eigenvalue weighted by molar-refractivity contribution is 6.03. The summed E-state index contributed by atoms with van der Waals surface area (Å²) in [4.78, 5) is 2.30. The Labute approximate surface area is 325 Å². The zero-order valence-corrected chi connectivity index (χ0v) is 32.1. The van der Waals surface area contributed by atoms with Gasteiger partial charge in [-0.1, -0.05) is 154 Å². The van der Waals surface area contributed by atoms with Crippen molar-refractivity contribution in [2.45, 2.75) is 46.0 Å². The summed E-state index contributed by atoms with van der Waals surface area (Å²) < 4.78 is 7.15. The molecule has 1 heterocycles. The van der Waals surface area contributed by atoms with Crippen LogP contribution in [0.2, 0.25) is 0 Å². The first kappa shape index (κ1) is 35.5. The highest BCUT2D eigenvalue weighted by Gasteiger charge is 2.38. The van der Waals surface area contributed by atoms with Crippen molar-refractivity contribution in [2.24, 2.45) is 0 Å². The number of fused-ring (bicyclic) bond motifs is 5. The smallest absolute Gasteiger partial charge is 0.156 e. The Morgan fingerprint density at radius 2 is 1.51 bits per heavy atom. The number of benzene rings is 5. The van der Waals surface area contributed by atoms with E-state index in [9.17, 15) is 0 Å². The Bertz CT molecular complexity index is 2630. The van der Waals surface area contributed by atoms with E-state index in [0.29, 0.717) is 6.42 Å². The predicted molar refractivity (Wildman–Crippen MR) is 235 cm³/mol. The molecule has 1 aromatic heterocycles. The van der Waals surface area contributed by atoms with E-state index < -0.39 is 0 Å². The molecule has 0 bridgehead atoms. The molecule has 0 unspecified atom stereocenters. The Hall–Kier alpha value is -6.56. The molecule has 0 saturated carbocycles. The van der Waals surface area contributed by atoms with E-state index in [4.69, 9.17) is 10.8 Å². The summed E-state index contributed by atoms with van der Waals surface area (Å²) in [6.07, 6.45) is 24.4. The highest BCUT2D eigenvalue weighted by Crippen LogP contribution is 2.53. The van der Waals surface area contributed by atoms with E-state index in [1.54, 1.807) is 0 Å². The van der Waals surface area contributed by atoms with Crippen LogP contribution < -0.4 is 4.90 Å². The lowest BCUT2D eigenvalue weighted by Gasteiger charge is -2.28. The molecule has 2 heteroatoms. The van der Waals surface area contributed by atoms with Crippen molar-refractivity contribution in [3.63, 3.8) is 0 Å². The van der Waals surface area contributed by atoms with Crippen LogP contribution in [0, 0.1) is 12.3 Å². The molecule has 0 N–H and O–H groups in total. The quantitative estimate of drug-likeness (QED) is 0.110. The molecule has 2 aliphatic carbocycles. The summed E-state index contributed by atoms with van der Waals surface area (Å²) in [5, 5.41) is 1.06. The molecule has 0 amide bonds. The van der Waals surface area contributed by atoms with Gasteiger partial charge in [-0.05, 0) is 94.6 Å². The van der Waals surface area contributed by atoms with Crippen molar-refractivity contribution in [2.75, 3.05) is 4.90 Å². The summed E-state index contributed by atoms with van der Waals surface area (Å²) in [6, 6.07) is 39.5. The fraction of sp³-hybridized carbons (Fsp3) is 0.132. The molecule has 268 valence electrons. The van der Waals surface area contributed by atoms with Crippen molar-refractivity contribution >= 4 is 39.2 Å². The van der Waals surface area contributed by atoms with Gasteiger partial charge in [-0.3, -0.25) is 0 Å². The third-order valence-electron chi connectivity index (χ3n) is 11.1. The molecule has 0 spiro atoms. The van der Waals surface area contributed by atoms with E-state index >= 15 is 0 Å². The molecule has 0 fully saturated rings. The SMILES string of the molecule is C#CCc1c(/C(=C\C)N(c2ccc(C3=CC=CCC=C3)cc2)c2ccc(-c3ccc(/C(C)=C/C=C)cc3)cc2)oc2c3c(ccc12)C(C)(C)c1ccccc1-3. The Balaban J connectivity index is 1.27. The zero-order valence-electron chi connectivity index (χ0n) is 32.1. The molecule has 2 nitrogen and oxygen atoms in total. The van der Waals surface area contributed by atoms with E-state index in [1.807, 2.05) is 12.2 Å². The first-order chi connectivity index (χ1) is 26.8.